The van der Waals surface area contributed by atoms with E-state index >= 15 is 0 Å². The van der Waals surface area contributed by atoms with Gasteiger partial charge in [-0.2, -0.15) is 11.3 Å². The number of hydrogen-bond acceptors (Lipinski definition) is 3. The molecule has 2 rings (SSSR count). The number of anilines is 1. The number of thiophene rings is 1. The Labute approximate surface area is 118 Å². The van der Waals surface area contributed by atoms with Crippen molar-refractivity contribution in [2.24, 2.45) is 0 Å². The van der Waals surface area contributed by atoms with Crippen LogP contribution in [0.1, 0.15) is 15.9 Å². The van der Waals surface area contributed by atoms with Gasteiger partial charge in [0.2, 0.25) is 0 Å². The molecule has 0 radical (unpaired) electrons. The van der Waals surface area contributed by atoms with E-state index in [-0.39, 0.29) is 0 Å². The van der Waals surface area contributed by atoms with Gasteiger partial charge in [-0.15, -0.1) is 0 Å². The zero-order chi connectivity index (χ0) is 13.1. The zero-order valence-electron chi connectivity index (χ0n) is 9.76. The van der Waals surface area contributed by atoms with E-state index in [9.17, 15) is 9.90 Å². The lowest BCUT2D eigenvalue weighted by atomic mass is 10.1. The van der Waals surface area contributed by atoms with Crippen LogP contribution in [-0.4, -0.2) is 18.1 Å². The molecule has 2 aromatic rings. The summed E-state index contributed by atoms with van der Waals surface area (Å²) >= 11 is 4.93. The van der Waals surface area contributed by atoms with Gasteiger partial charge in [-0.05, 0) is 40.6 Å². The summed E-state index contributed by atoms with van der Waals surface area (Å²) in [6.45, 7) is 0.700. The molecule has 0 aliphatic heterocycles. The van der Waals surface area contributed by atoms with E-state index in [1.807, 2.05) is 35.5 Å². The normalized spacial score (nSPS) is 10.3. The van der Waals surface area contributed by atoms with Crippen LogP contribution in [0, 0.1) is 0 Å². The predicted octanol–water partition coefficient (Wildman–Crippen LogP) is 3.85. The van der Waals surface area contributed by atoms with E-state index in [1.165, 1.54) is 5.56 Å². The summed E-state index contributed by atoms with van der Waals surface area (Å²) in [5.41, 5.74) is 2.21. The van der Waals surface area contributed by atoms with Crippen LogP contribution < -0.4 is 4.90 Å². The maximum atomic E-state index is 11.2. The summed E-state index contributed by atoms with van der Waals surface area (Å²) in [6.07, 6.45) is 0. The van der Waals surface area contributed by atoms with Crippen molar-refractivity contribution in [1.29, 1.82) is 0 Å². The molecule has 0 unspecified atom stereocenters. The number of rotatable bonds is 4. The Hall–Kier alpha value is -1.33. The smallest absolute Gasteiger partial charge is 0.337 e. The number of hydrogen-bond donors (Lipinski definition) is 1. The predicted molar refractivity (Wildman–Crippen MR) is 77.5 cm³/mol. The third-order valence-electron chi connectivity index (χ3n) is 2.60. The molecule has 1 heterocycles. The topological polar surface area (TPSA) is 40.5 Å². The Kier molecular flexibility index (Phi) is 4.04. The first-order valence-corrected chi connectivity index (χ1v) is 7.06. The van der Waals surface area contributed by atoms with E-state index in [1.54, 1.807) is 17.4 Å². The summed E-state index contributed by atoms with van der Waals surface area (Å²) in [4.78, 5) is 13.2. The number of benzene rings is 1. The van der Waals surface area contributed by atoms with Crippen molar-refractivity contribution in [1.82, 2.24) is 0 Å². The van der Waals surface area contributed by atoms with E-state index in [0.717, 1.165) is 10.2 Å². The molecular formula is C13H12BrNO2S. The Morgan fingerprint density at radius 2 is 2.22 bits per heavy atom. The van der Waals surface area contributed by atoms with Gasteiger partial charge in [0.25, 0.3) is 0 Å². The molecule has 1 aromatic carbocycles. The van der Waals surface area contributed by atoms with E-state index < -0.39 is 5.97 Å². The molecule has 18 heavy (non-hydrogen) atoms. The van der Waals surface area contributed by atoms with Crippen molar-refractivity contribution in [2.75, 3.05) is 11.9 Å². The molecule has 0 saturated heterocycles. The number of carboxylic acid groups (broad SMARTS) is 1. The highest BCUT2D eigenvalue weighted by molar-refractivity contribution is 9.10. The van der Waals surface area contributed by atoms with Gasteiger partial charge in [0.1, 0.15) is 0 Å². The zero-order valence-corrected chi connectivity index (χ0v) is 12.2. The highest BCUT2D eigenvalue weighted by Crippen LogP contribution is 2.25. The van der Waals surface area contributed by atoms with E-state index in [4.69, 9.17) is 0 Å². The first-order valence-electron chi connectivity index (χ1n) is 5.33. The summed E-state index contributed by atoms with van der Waals surface area (Å²) < 4.78 is 0.771. The Balaban J connectivity index is 2.29. The number of carboxylic acids is 1. The molecule has 94 valence electrons. The molecule has 0 saturated carbocycles. The Morgan fingerprint density at radius 3 is 2.83 bits per heavy atom. The van der Waals surface area contributed by atoms with E-state index in [0.29, 0.717) is 12.1 Å². The molecule has 0 fully saturated rings. The van der Waals surface area contributed by atoms with Gasteiger partial charge in [0.15, 0.2) is 0 Å². The van der Waals surface area contributed by atoms with Crippen LogP contribution >= 0.6 is 27.3 Å². The van der Waals surface area contributed by atoms with Crippen molar-refractivity contribution in [3.63, 3.8) is 0 Å². The second kappa shape index (κ2) is 5.54. The minimum absolute atomic E-state index is 0.308. The van der Waals surface area contributed by atoms with Gasteiger partial charge in [-0.3, -0.25) is 0 Å². The summed E-state index contributed by atoms with van der Waals surface area (Å²) in [6, 6.07) is 7.34. The van der Waals surface area contributed by atoms with E-state index in [2.05, 4.69) is 21.3 Å². The third kappa shape index (κ3) is 2.91. The second-order valence-corrected chi connectivity index (χ2v) is 5.65. The van der Waals surface area contributed by atoms with Gasteiger partial charge in [-0.25, -0.2) is 4.79 Å². The highest BCUT2D eigenvalue weighted by atomic mass is 79.9. The van der Waals surface area contributed by atoms with Crippen molar-refractivity contribution < 1.29 is 9.90 Å². The lowest BCUT2D eigenvalue weighted by Gasteiger charge is -2.20. The number of halogens is 1. The van der Waals surface area contributed by atoms with Crippen LogP contribution in [0.4, 0.5) is 5.69 Å². The SMILES string of the molecule is CN(Cc1ccsc1)c1ccc(Br)cc1C(=O)O. The molecule has 0 aliphatic rings. The fraction of sp³-hybridized carbons (Fsp3) is 0.154. The first kappa shape index (κ1) is 13.1. The maximum Gasteiger partial charge on any atom is 0.337 e. The third-order valence-corrected chi connectivity index (χ3v) is 3.83. The quantitative estimate of drug-likeness (QED) is 0.928. The van der Waals surface area contributed by atoms with Crippen molar-refractivity contribution >= 4 is 38.9 Å². The fourth-order valence-electron chi connectivity index (χ4n) is 1.75. The van der Waals surface area contributed by atoms with Crippen molar-refractivity contribution in [3.8, 4) is 0 Å². The second-order valence-electron chi connectivity index (χ2n) is 3.95. The van der Waals surface area contributed by atoms with Crippen LogP contribution in [-0.2, 0) is 6.54 Å². The minimum atomic E-state index is -0.913. The van der Waals surface area contributed by atoms with Gasteiger partial charge >= 0.3 is 5.97 Å². The maximum absolute atomic E-state index is 11.2. The molecule has 0 spiro atoms. The number of nitrogens with zero attached hydrogens (tertiary/aromatic N) is 1. The molecule has 0 atom stereocenters. The molecule has 3 nitrogen and oxygen atoms in total. The van der Waals surface area contributed by atoms with Crippen molar-refractivity contribution in [2.45, 2.75) is 6.54 Å². The molecule has 5 heteroatoms. The highest BCUT2D eigenvalue weighted by Gasteiger charge is 2.14. The lowest BCUT2D eigenvalue weighted by Crippen LogP contribution is -2.19. The summed E-state index contributed by atoms with van der Waals surface area (Å²) in [7, 11) is 1.90. The molecule has 0 amide bonds. The summed E-state index contributed by atoms with van der Waals surface area (Å²) in [5, 5.41) is 13.3. The van der Waals surface area contributed by atoms with Crippen LogP contribution in [0.25, 0.3) is 0 Å². The Morgan fingerprint density at radius 1 is 1.44 bits per heavy atom. The van der Waals surface area contributed by atoms with Crippen molar-refractivity contribution in [3.05, 3.63) is 50.6 Å². The lowest BCUT2D eigenvalue weighted by molar-refractivity contribution is 0.0697. The van der Waals surface area contributed by atoms with Crippen LogP contribution in [0.5, 0.6) is 0 Å². The van der Waals surface area contributed by atoms with Crippen LogP contribution in [0.15, 0.2) is 39.5 Å². The largest absolute Gasteiger partial charge is 0.478 e. The van der Waals surface area contributed by atoms with Gasteiger partial charge in [-0.1, -0.05) is 15.9 Å². The monoisotopic (exact) mass is 325 g/mol. The number of carbonyl (C=O) groups is 1. The fourth-order valence-corrected chi connectivity index (χ4v) is 2.77. The first-order chi connectivity index (χ1) is 8.58. The average molecular weight is 326 g/mol. The number of aromatic carboxylic acids is 1. The average Bonchev–Trinajstić information content (AvgIpc) is 2.81. The molecule has 0 bridgehead atoms. The van der Waals surface area contributed by atoms with Gasteiger partial charge in [0.05, 0.1) is 11.3 Å². The molecule has 1 N–H and O–H groups in total. The van der Waals surface area contributed by atoms with Gasteiger partial charge in [0, 0.05) is 18.1 Å². The van der Waals surface area contributed by atoms with Gasteiger partial charge < -0.3 is 10.0 Å². The molecule has 0 aliphatic carbocycles. The van der Waals surface area contributed by atoms with Crippen LogP contribution in [0.2, 0.25) is 0 Å². The molecule has 1 aromatic heterocycles. The summed E-state index contributed by atoms with van der Waals surface area (Å²) in [5.74, 6) is -0.913. The minimum Gasteiger partial charge on any atom is -0.478 e. The Bertz CT molecular complexity index is 554. The molecular weight excluding hydrogens is 314 g/mol. The van der Waals surface area contributed by atoms with Crippen LogP contribution in [0.3, 0.4) is 0 Å². The standard InChI is InChI=1S/C13H12BrNO2S/c1-15(7-9-4-5-18-8-9)12-3-2-10(14)6-11(12)13(16)17/h2-6,8H,7H2,1H3,(H,16,17).